The van der Waals surface area contributed by atoms with Crippen molar-refractivity contribution in [3.63, 3.8) is 0 Å². The first-order valence-corrected chi connectivity index (χ1v) is 9.97. The summed E-state index contributed by atoms with van der Waals surface area (Å²) >= 11 is -0.563. The standard InChI is InChI=1S/C18H18IN2O/c22-18(19-12-14-5-2-1-3-6-14)17-11-15(8-10-21-17)16-7-4-9-20-13-16/h1-3,5-8,10-11,20H,4,9,12-13H2/q-1. The average molecular weight is 405 g/mol. The molecule has 0 fully saturated rings. The molecule has 1 N–H and O–H groups in total. The van der Waals surface area contributed by atoms with Crippen LogP contribution >= 0.6 is 0 Å². The molecule has 0 atom stereocenters. The van der Waals surface area contributed by atoms with Crippen LogP contribution in [0.25, 0.3) is 5.57 Å². The third-order valence-corrected chi connectivity index (χ3v) is 6.05. The van der Waals surface area contributed by atoms with Crippen LogP contribution in [0.4, 0.5) is 0 Å². The molecule has 4 heteroatoms. The predicted molar refractivity (Wildman–Crippen MR) is 84.2 cm³/mol. The van der Waals surface area contributed by atoms with Crippen LogP contribution in [0.3, 0.4) is 0 Å². The van der Waals surface area contributed by atoms with E-state index in [4.69, 9.17) is 0 Å². The van der Waals surface area contributed by atoms with E-state index in [1.54, 1.807) is 6.20 Å². The Labute approximate surface area is 141 Å². The molecule has 3 nitrogen and oxygen atoms in total. The van der Waals surface area contributed by atoms with Gasteiger partial charge in [0, 0.05) is 0 Å². The van der Waals surface area contributed by atoms with Gasteiger partial charge in [0.25, 0.3) is 0 Å². The van der Waals surface area contributed by atoms with E-state index < -0.39 is 21.2 Å². The Morgan fingerprint density at radius 2 is 2.09 bits per heavy atom. The van der Waals surface area contributed by atoms with Crippen molar-refractivity contribution in [2.24, 2.45) is 0 Å². The minimum absolute atomic E-state index is 0.217. The van der Waals surface area contributed by atoms with Gasteiger partial charge in [-0.2, -0.15) is 0 Å². The Hall–Kier alpha value is -1.53. The Balaban J connectivity index is 1.69. The SMILES string of the molecule is O=C([I-]Cc1ccccc1)c1cc(C2=CCCNC2)ccn1. The van der Waals surface area contributed by atoms with E-state index in [0.29, 0.717) is 5.69 Å². The fourth-order valence-electron chi connectivity index (χ4n) is 2.37. The molecular weight excluding hydrogens is 387 g/mol. The van der Waals surface area contributed by atoms with E-state index in [2.05, 4.69) is 28.5 Å². The first kappa shape index (κ1) is 15.4. The molecule has 1 aliphatic heterocycles. The number of halogens is 1. The van der Waals surface area contributed by atoms with Gasteiger partial charge in [0.15, 0.2) is 0 Å². The molecule has 0 saturated heterocycles. The molecule has 1 aromatic heterocycles. The number of alkyl halides is 1. The van der Waals surface area contributed by atoms with Crippen LogP contribution in [0.15, 0.2) is 54.7 Å². The molecular formula is C18H18IN2O-. The predicted octanol–water partition coefficient (Wildman–Crippen LogP) is -0.112. The summed E-state index contributed by atoms with van der Waals surface area (Å²) in [7, 11) is 0. The maximum atomic E-state index is 12.4. The number of nitrogens with one attached hydrogen (secondary N) is 1. The molecule has 0 aliphatic carbocycles. The van der Waals surface area contributed by atoms with Crippen molar-refractivity contribution >= 4 is 9.36 Å². The van der Waals surface area contributed by atoms with Gasteiger partial charge in [-0.1, -0.05) is 0 Å². The quantitative estimate of drug-likeness (QED) is 0.429. The third-order valence-electron chi connectivity index (χ3n) is 3.54. The molecule has 0 saturated carbocycles. The monoisotopic (exact) mass is 405 g/mol. The molecule has 2 heterocycles. The van der Waals surface area contributed by atoms with E-state index in [-0.39, 0.29) is 3.79 Å². The molecule has 114 valence electrons. The van der Waals surface area contributed by atoms with Crippen LogP contribution in [0.1, 0.15) is 28.0 Å². The second-order valence-corrected chi connectivity index (χ2v) is 7.66. The third kappa shape index (κ3) is 4.01. The van der Waals surface area contributed by atoms with Gasteiger partial charge in [-0.3, -0.25) is 0 Å². The van der Waals surface area contributed by atoms with E-state index in [1.807, 2.05) is 30.3 Å². The van der Waals surface area contributed by atoms with E-state index in [9.17, 15) is 4.79 Å². The Morgan fingerprint density at radius 1 is 1.23 bits per heavy atom. The Kier molecular flexibility index (Phi) is 5.34. The molecule has 0 unspecified atom stereocenters. The molecule has 0 bridgehead atoms. The zero-order valence-electron chi connectivity index (χ0n) is 12.3. The average Bonchev–Trinajstić information content (AvgIpc) is 2.61. The summed E-state index contributed by atoms with van der Waals surface area (Å²) in [6, 6.07) is 14.1. The minimum atomic E-state index is -0.563. The summed E-state index contributed by atoms with van der Waals surface area (Å²) < 4.78 is 1.09. The molecule has 2 aromatic rings. The number of carbonyl (C=O) groups excluding carboxylic acids is 1. The fraction of sp³-hybridized carbons (Fsp3) is 0.222. The molecule has 0 amide bonds. The number of carbonyl (C=O) groups is 1. The van der Waals surface area contributed by atoms with E-state index in [0.717, 1.165) is 29.5 Å². The van der Waals surface area contributed by atoms with Crippen molar-refractivity contribution in [1.29, 1.82) is 0 Å². The van der Waals surface area contributed by atoms with Crippen LogP contribution in [-0.2, 0) is 4.43 Å². The molecule has 0 radical (unpaired) electrons. The van der Waals surface area contributed by atoms with Crippen molar-refractivity contribution < 1.29 is 26.0 Å². The van der Waals surface area contributed by atoms with Gasteiger partial charge in [0.05, 0.1) is 0 Å². The normalized spacial score (nSPS) is 14.6. The van der Waals surface area contributed by atoms with Gasteiger partial charge >= 0.3 is 141 Å². The van der Waals surface area contributed by atoms with Crippen LogP contribution in [0.2, 0.25) is 0 Å². The fourth-order valence-corrected chi connectivity index (χ4v) is 4.36. The molecule has 3 rings (SSSR count). The van der Waals surface area contributed by atoms with Crippen molar-refractivity contribution in [3.05, 3.63) is 71.6 Å². The Bertz CT molecular complexity index is 682. The van der Waals surface area contributed by atoms with E-state index >= 15 is 0 Å². The van der Waals surface area contributed by atoms with Gasteiger partial charge in [0.2, 0.25) is 0 Å². The maximum absolute atomic E-state index is 12.4. The second kappa shape index (κ2) is 7.65. The van der Waals surface area contributed by atoms with Crippen LogP contribution in [0, 0.1) is 0 Å². The first-order chi connectivity index (χ1) is 10.8. The topological polar surface area (TPSA) is 42.0 Å². The molecule has 1 aromatic carbocycles. The molecule has 1 aliphatic rings. The van der Waals surface area contributed by atoms with Crippen LogP contribution < -0.4 is 26.5 Å². The van der Waals surface area contributed by atoms with Crippen molar-refractivity contribution in [3.8, 4) is 0 Å². The van der Waals surface area contributed by atoms with Crippen molar-refractivity contribution in [2.75, 3.05) is 13.1 Å². The Morgan fingerprint density at radius 3 is 2.86 bits per heavy atom. The number of hydrogen-bond donors (Lipinski definition) is 1. The van der Waals surface area contributed by atoms with E-state index in [1.165, 1.54) is 11.1 Å². The van der Waals surface area contributed by atoms with Crippen LogP contribution in [0.5, 0.6) is 0 Å². The number of aromatic nitrogens is 1. The number of nitrogens with zero attached hydrogens (tertiary/aromatic N) is 1. The van der Waals surface area contributed by atoms with Crippen molar-refractivity contribution in [2.45, 2.75) is 10.8 Å². The number of pyridine rings is 1. The number of hydrogen-bond acceptors (Lipinski definition) is 3. The summed E-state index contributed by atoms with van der Waals surface area (Å²) in [6.45, 7) is 1.90. The zero-order chi connectivity index (χ0) is 15.2. The molecule has 0 spiro atoms. The summed E-state index contributed by atoms with van der Waals surface area (Å²) in [4.78, 5) is 16.7. The number of rotatable bonds is 5. The first-order valence-electron chi connectivity index (χ1n) is 7.36. The van der Waals surface area contributed by atoms with Gasteiger partial charge in [0.1, 0.15) is 0 Å². The van der Waals surface area contributed by atoms with Gasteiger partial charge < -0.3 is 0 Å². The van der Waals surface area contributed by atoms with Gasteiger partial charge in [-0.25, -0.2) is 0 Å². The summed E-state index contributed by atoms with van der Waals surface area (Å²) in [5, 5.41) is 3.36. The number of benzene rings is 1. The van der Waals surface area contributed by atoms with Gasteiger partial charge in [-0.05, 0) is 0 Å². The van der Waals surface area contributed by atoms with Crippen LogP contribution in [-0.4, -0.2) is 21.9 Å². The van der Waals surface area contributed by atoms with Crippen molar-refractivity contribution in [1.82, 2.24) is 10.3 Å². The molecule has 22 heavy (non-hydrogen) atoms. The zero-order valence-corrected chi connectivity index (χ0v) is 14.4. The second-order valence-electron chi connectivity index (χ2n) is 5.15. The van der Waals surface area contributed by atoms with Gasteiger partial charge in [-0.15, -0.1) is 0 Å². The summed E-state index contributed by atoms with van der Waals surface area (Å²) in [5.41, 5.74) is 4.24. The summed E-state index contributed by atoms with van der Waals surface area (Å²) in [6.07, 6.45) is 5.05. The summed E-state index contributed by atoms with van der Waals surface area (Å²) in [5.74, 6) is 0.